The molecule has 0 atom stereocenters. The van der Waals surface area contributed by atoms with Gasteiger partial charge in [-0.1, -0.05) is 58.0 Å². The highest BCUT2D eigenvalue weighted by Gasteiger charge is 2.17. The van der Waals surface area contributed by atoms with Gasteiger partial charge in [0.1, 0.15) is 5.82 Å². The first-order valence-electron chi connectivity index (χ1n) is 11.3. The Morgan fingerprint density at radius 3 is 2.06 bits per heavy atom. The number of amides is 1. The van der Waals surface area contributed by atoms with Crippen molar-refractivity contribution in [3.8, 4) is 5.69 Å². The van der Waals surface area contributed by atoms with Crippen LogP contribution in [-0.2, 0) is 0 Å². The van der Waals surface area contributed by atoms with Gasteiger partial charge in [0, 0.05) is 11.3 Å². The summed E-state index contributed by atoms with van der Waals surface area (Å²) in [5.74, 6) is 1.01. The van der Waals surface area contributed by atoms with Crippen molar-refractivity contribution in [3.63, 3.8) is 0 Å². The van der Waals surface area contributed by atoms with E-state index in [-0.39, 0.29) is 23.3 Å². The van der Waals surface area contributed by atoms with Crippen LogP contribution in [0.3, 0.4) is 0 Å². The lowest BCUT2D eigenvalue weighted by Gasteiger charge is -2.20. The standard InChI is InChI=1S/C28H29N3O2/c1-17(2)22-10-8-11-23(18(3)4)26(22)30-27(32)20-13-15-21(16-14-20)31-19(5)29-25-12-7-6-9-24(25)28(31)33/h6-18H,1-5H3,(H,30,32). The van der Waals surface area contributed by atoms with Gasteiger partial charge in [0.05, 0.1) is 16.6 Å². The van der Waals surface area contributed by atoms with E-state index in [1.165, 1.54) is 0 Å². The van der Waals surface area contributed by atoms with Gasteiger partial charge >= 0.3 is 0 Å². The number of carbonyl (C=O) groups is 1. The minimum Gasteiger partial charge on any atom is -0.321 e. The summed E-state index contributed by atoms with van der Waals surface area (Å²) < 4.78 is 1.58. The zero-order valence-electron chi connectivity index (χ0n) is 19.7. The monoisotopic (exact) mass is 439 g/mol. The van der Waals surface area contributed by atoms with Crippen LogP contribution >= 0.6 is 0 Å². The molecular formula is C28H29N3O2. The van der Waals surface area contributed by atoms with E-state index in [0.29, 0.717) is 28.0 Å². The Morgan fingerprint density at radius 2 is 1.45 bits per heavy atom. The Hall–Kier alpha value is -3.73. The van der Waals surface area contributed by atoms with Crippen molar-refractivity contribution in [2.24, 2.45) is 0 Å². The van der Waals surface area contributed by atoms with Gasteiger partial charge in [-0.3, -0.25) is 14.2 Å². The number of aryl methyl sites for hydroxylation is 1. The number of carbonyl (C=O) groups excluding carboxylic acids is 1. The highest BCUT2D eigenvalue weighted by Crippen LogP contribution is 2.32. The zero-order valence-corrected chi connectivity index (χ0v) is 19.7. The SMILES string of the molecule is Cc1nc2ccccc2c(=O)n1-c1ccc(C(=O)Nc2c(C(C)C)cccc2C(C)C)cc1. The smallest absolute Gasteiger partial charge is 0.265 e. The van der Waals surface area contributed by atoms with Crippen LogP contribution in [0.5, 0.6) is 0 Å². The van der Waals surface area contributed by atoms with Crippen molar-refractivity contribution in [2.75, 3.05) is 5.32 Å². The van der Waals surface area contributed by atoms with Gasteiger partial charge < -0.3 is 5.32 Å². The summed E-state index contributed by atoms with van der Waals surface area (Å²) in [7, 11) is 0. The average Bonchev–Trinajstić information content (AvgIpc) is 2.79. The first-order chi connectivity index (χ1) is 15.8. The molecule has 0 aliphatic carbocycles. The molecule has 4 aromatic rings. The summed E-state index contributed by atoms with van der Waals surface area (Å²) in [4.78, 5) is 30.7. The molecule has 0 aliphatic heterocycles. The predicted octanol–water partition coefficient (Wildman–Crippen LogP) is 6.19. The number of rotatable bonds is 5. The summed E-state index contributed by atoms with van der Waals surface area (Å²) >= 11 is 0. The van der Waals surface area contributed by atoms with Gasteiger partial charge in [-0.25, -0.2) is 4.98 Å². The lowest BCUT2D eigenvalue weighted by atomic mass is 9.92. The van der Waals surface area contributed by atoms with Crippen LogP contribution in [0.2, 0.25) is 0 Å². The Balaban J connectivity index is 1.68. The number of aromatic nitrogens is 2. The van der Waals surface area contributed by atoms with Gasteiger partial charge in [0.15, 0.2) is 0 Å². The minimum absolute atomic E-state index is 0.122. The fourth-order valence-corrected chi connectivity index (χ4v) is 4.19. The lowest BCUT2D eigenvalue weighted by Crippen LogP contribution is -2.22. The molecule has 4 rings (SSSR count). The third-order valence-corrected chi connectivity index (χ3v) is 5.94. The van der Waals surface area contributed by atoms with Gasteiger partial charge in [0.2, 0.25) is 0 Å². The Bertz CT molecular complexity index is 1360. The topological polar surface area (TPSA) is 64.0 Å². The Morgan fingerprint density at radius 1 is 0.848 bits per heavy atom. The highest BCUT2D eigenvalue weighted by molar-refractivity contribution is 6.05. The van der Waals surface area contributed by atoms with E-state index >= 15 is 0 Å². The first kappa shape index (κ1) is 22.5. The van der Waals surface area contributed by atoms with Crippen LogP contribution in [0.25, 0.3) is 16.6 Å². The fraction of sp³-hybridized carbons (Fsp3) is 0.250. The molecule has 33 heavy (non-hydrogen) atoms. The quantitative estimate of drug-likeness (QED) is 0.403. The molecule has 0 fully saturated rings. The van der Waals surface area contributed by atoms with Crippen molar-refractivity contribution < 1.29 is 4.79 Å². The van der Waals surface area contributed by atoms with Gasteiger partial charge in [-0.05, 0) is 66.3 Å². The van der Waals surface area contributed by atoms with Crippen molar-refractivity contribution in [3.05, 3.63) is 99.6 Å². The number of nitrogens with one attached hydrogen (secondary N) is 1. The summed E-state index contributed by atoms with van der Waals surface area (Å²) in [5.41, 5.74) is 4.90. The van der Waals surface area contributed by atoms with Gasteiger partial charge in [-0.15, -0.1) is 0 Å². The van der Waals surface area contributed by atoms with Crippen molar-refractivity contribution in [1.82, 2.24) is 9.55 Å². The summed E-state index contributed by atoms with van der Waals surface area (Å²) in [5, 5.41) is 3.71. The maximum absolute atomic E-state index is 13.1. The maximum atomic E-state index is 13.1. The van der Waals surface area contributed by atoms with Crippen LogP contribution < -0.4 is 10.9 Å². The Kier molecular flexibility index (Phi) is 6.14. The second-order valence-electron chi connectivity index (χ2n) is 8.94. The molecular weight excluding hydrogens is 410 g/mol. The number of fused-ring (bicyclic) bond motifs is 1. The van der Waals surface area contributed by atoms with E-state index in [1.54, 1.807) is 34.9 Å². The van der Waals surface area contributed by atoms with Crippen LogP contribution in [0, 0.1) is 6.92 Å². The van der Waals surface area contributed by atoms with E-state index in [9.17, 15) is 9.59 Å². The fourth-order valence-electron chi connectivity index (χ4n) is 4.19. The van der Waals surface area contributed by atoms with Crippen LogP contribution in [0.1, 0.15) is 66.8 Å². The number of hydrogen-bond acceptors (Lipinski definition) is 3. The molecule has 0 bridgehead atoms. The Labute approximate surface area is 194 Å². The molecule has 0 saturated heterocycles. The maximum Gasteiger partial charge on any atom is 0.265 e. The predicted molar refractivity (Wildman–Crippen MR) is 135 cm³/mol. The van der Waals surface area contributed by atoms with Gasteiger partial charge in [0.25, 0.3) is 11.5 Å². The zero-order chi connectivity index (χ0) is 23.7. The number of nitrogens with zero attached hydrogens (tertiary/aromatic N) is 2. The average molecular weight is 440 g/mol. The molecule has 0 radical (unpaired) electrons. The molecule has 0 aliphatic rings. The lowest BCUT2D eigenvalue weighted by molar-refractivity contribution is 0.102. The molecule has 5 nitrogen and oxygen atoms in total. The van der Waals surface area contributed by atoms with E-state index in [4.69, 9.17) is 0 Å². The molecule has 5 heteroatoms. The second-order valence-corrected chi connectivity index (χ2v) is 8.94. The highest BCUT2D eigenvalue weighted by atomic mass is 16.1. The minimum atomic E-state index is -0.169. The van der Waals surface area contributed by atoms with Crippen LogP contribution in [-0.4, -0.2) is 15.5 Å². The van der Waals surface area contributed by atoms with E-state index in [0.717, 1.165) is 16.8 Å². The number of para-hydroxylation sites is 2. The first-order valence-corrected chi connectivity index (χ1v) is 11.3. The molecule has 0 saturated carbocycles. The molecule has 0 spiro atoms. The third kappa shape index (κ3) is 4.31. The molecule has 1 heterocycles. The number of benzene rings is 3. The molecule has 1 aromatic heterocycles. The summed E-state index contributed by atoms with van der Waals surface area (Å²) in [6.07, 6.45) is 0. The van der Waals surface area contributed by atoms with Gasteiger partial charge in [-0.2, -0.15) is 0 Å². The number of hydrogen-bond donors (Lipinski definition) is 1. The van der Waals surface area contributed by atoms with E-state index in [2.05, 4.69) is 50.1 Å². The van der Waals surface area contributed by atoms with Crippen LogP contribution in [0.4, 0.5) is 5.69 Å². The van der Waals surface area contributed by atoms with E-state index in [1.807, 2.05) is 31.2 Å². The summed E-state index contributed by atoms with van der Waals surface area (Å²) in [6.45, 7) is 10.3. The second kappa shape index (κ2) is 9.02. The normalized spacial score (nSPS) is 11.4. The summed E-state index contributed by atoms with van der Waals surface area (Å²) in [6, 6.07) is 20.6. The molecule has 168 valence electrons. The largest absolute Gasteiger partial charge is 0.321 e. The molecule has 1 amide bonds. The molecule has 0 unspecified atom stereocenters. The van der Waals surface area contributed by atoms with Crippen molar-refractivity contribution in [2.45, 2.75) is 46.5 Å². The van der Waals surface area contributed by atoms with Crippen LogP contribution in [0.15, 0.2) is 71.5 Å². The van der Waals surface area contributed by atoms with Crippen molar-refractivity contribution >= 4 is 22.5 Å². The number of anilines is 1. The molecule has 1 N–H and O–H groups in total. The third-order valence-electron chi connectivity index (χ3n) is 5.94. The molecule has 3 aromatic carbocycles. The van der Waals surface area contributed by atoms with E-state index < -0.39 is 0 Å². The van der Waals surface area contributed by atoms with Crippen molar-refractivity contribution in [1.29, 1.82) is 0 Å².